The van der Waals surface area contributed by atoms with E-state index in [9.17, 15) is 14.7 Å². The number of aromatic nitrogens is 1. The number of hydrogen-bond donors (Lipinski definition) is 1. The van der Waals surface area contributed by atoms with Gasteiger partial charge in [-0.2, -0.15) is 0 Å². The number of aryl methyl sites for hydroxylation is 2. The molecule has 1 unspecified atom stereocenters. The monoisotopic (exact) mass is 489 g/mol. The highest BCUT2D eigenvalue weighted by atomic mass is 32.1. The van der Waals surface area contributed by atoms with E-state index in [-0.39, 0.29) is 16.8 Å². The number of anilines is 2. The zero-order valence-electron chi connectivity index (χ0n) is 21.2. The Hall–Kier alpha value is -3.45. The molecule has 1 N–H and O–H groups in total. The molecule has 1 atom stereocenters. The summed E-state index contributed by atoms with van der Waals surface area (Å²) in [7, 11) is 3.90. The molecule has 0 aliphatic carbocycles. The normalized spacial score (nSPS) is 16.3. The van der Waals surface area contributed by atoms with Crippen LogP contribution in [0.25, 0.3) is 0 Å². The van der Waals surface area contributed by atoms with Gasteiger partial charge in [-0.25, -0.2) is 4.98 Å². The molecule has 35 heavy (non-hydrogen) atoms. The van der Waals surface area contributed by atoms with Gasteiger partial charge in [-0.3, -0.25) is 14.5 Å². The lowest BCUT2D eigenvalue weighted by molar-refractivity contribution is -0.117. The number of benzene rings is 2. The van der Waals surface area contributed by atoms with Crippen LogP contribution in [0.15, 0.2) is 59.9 Å². The highest BCUT2D eigenvalue weighted by Crippen LogP contribution is 2.43. The summed E-state index contributed by atoms with van der Waals surface area (Å²) in [4.78, 5) is 35.5. The third kappa shape index (κ3) is 4.48. The first kappa shape index (κ1) is 24.7. The summed E-state index contributed by atoms with van der Waals surface area (Å²) in [6, 6.07) is 14.7. The summed E-state index contributed by atoms with van der Waals surface area (Å²) in [6.07, 6.45) is 0. The van der Waals surface area contributed by atoms with Crippen molar-refractivity contribution in [3.63, 3.8) is 0 Å². The molecule has 0 fully saturated rings. The summed E-state index contributed by atoms with van der Waals surface area (Å²) in [5, 5.41) is 11.8. The lowest BCUT2D eigenvalue weighted by Gasteiger charge is -2.28. The van der Waals surface area contributed by atoms with E-state index in [2.05, 4.69) is 25.8 Å². The van der Waals surface area contributed by atoms with Gasteiger partial charge >= 0.3 is 0 Å². The van der Waals surface area contributed by atoms with Crippen LogP contribution < -0.4 is 9.80 Å². The predicted octanol–water partition coefficient (Wildman–Crippen LogP) is 5.91. The first-order chi connectivity index (χ1) is 16.4. The van der Waals surface area contributed by atoms with Crippen molar-refractivity contribution < 1.29 is 14.7 Å². The first-order valence-electron chi connectivity index (χ1n) is 11.5. The molecule has 0 radical (unpaired) electrons. The highest BCUT2D eigenvalue weighted by molar-refractivity contribution is 7.14. The lowest BCUT2D eigenvalue weighted by atomic mass is 9.87. The van der Waals surface area contributed by atoms with Gasteiger partial charge in [0.25, 0.3) is 5.91 Å². The lowest BCUT2D eigenvalue weighted by Crippen LogP contribution is -2.31. The van der Waals surface area contributed by atoms with E-state index in [1.165, 1.54) is 16.2 Å². The van der Waals surface area contributed by atoms with Crippen molar-refractivity contribution in [2.24, 2.45) is 0 Å². The molecule has 4 rings (SSSR count). The Morgan fingerprint density at radius 2 is 1.63 bits per heavy atom. The Balaban J connectivity index is 1.85. The molecule has 2 heterocycles. The molecule has 0 spiro atoms. The number of Topliss-reactive ketones (excluding diaryl/α,β-unsaturated/α-hetero) is 1. The van der Waals surface area contributed by atoms with Crippen molar-refractivity contribution in [2.75, 3.05) is 23.9 Å². The molecule has 1 aromatic heterocycles. The fraction of sp³-hybridized carbons (Fsp3) is 0.321. The zero-order valence-corrected chi connectivity index (χ0v) is 22.0. The average Bonchev–Trinajstić information content (AvgIpc) is 3.28. The van der Waals surface area contributed by atoms with Crippen molar-refractivity contribution in [2.45, 2.75) is 46.1 Å². The topological polar surface area (TPSA) is 73.7 Å². The molecule has 2 aromatic carbocycles. The predicted molar refractivity (Wildman–Crippen MR) is 142 cm³/mol. The fourth-order valence-corrected chi connectivity index (χ4v) is 5.23. The number of thiazole rings is 1. The molecular weight excluding hydrogens is 458 g/mol. The van der Waals surface area contributed by atoms with Gasteiger partial charge < -0.3 is 10.0 Å². The number of aliphatic hydroxyl groups is 1. The van der Waals surface area contributed by atoms with Gasteiger partial charge in [0.05, 0.1) is 27.2 Å². The number of ketones is 1. The van der Waals surface area contributed by atoms with Crippen LogP contribution in [-0.4, -0.2) is 35.9 Å². The summed E-state index contributed by atoms with van der Waals surface area (Å²) in [6.45, 7) is 9.99. The van der Waals surface area contributed by atoms with Crippen molar-refractivity contribution >= 4 is 34.4 Å². The van der Waals surface area contributed by atoms with Crippen LogP contribution in [0.1, 0.15) is 58.3 Å². The van der Waals surface area contributed by atoms with Gasteiger partial charge in [0.2, 0.25) is 5.78 Å². The van der Waals surface area contributed by atoms with E-state index in [0.29, 0.717) is 16.3 Å². The minimum Gasteiger partial charge on any atom is -0.503 e. The minimum atomic E-state index is -0.756. The van der Waals surface area contributed by atoms with Gasteiger partial charge in [-0.1, -0.05) is 45.0 Å². The number of aliphatic hydroxyl groups excluding tert-OH is 1. The minimum absolute atomic E-state index is 0.0436. The Kier molecular flexibility index (Phi) is 6.32. The van der Waals surface area contributed by atoms with Crippen LogP contribution in [0.5, 0.6) is 0 Å². The molecular formula is C28H31N3O3S. The quantitative estimate of drug-likeness (QED) is 0.451. The summed E-state index contributed by atoms with van der Waals surface area (Å²) in [5.74, 6) is -1.46. The molecule has 7 heteroatoms. The summed E-state index contributed by atoms with van der Waals surface area (Å²) >= 11 is 1.28. The summed E-state index contributed by atoms with van der Waals surface area (Å²) < 4.78 is 0. The van der Waals surface area contributed by atoms with E-state index in [0.717, 1.165) is 21.8 Å². The second kappa shape index (κ2) is 8.96. The Labute approximate surface area is 210 Å². The Morgan fingerprint density at radius 3 is 2.11 bits per heavy atom. The molecule has 3 aromatic rings. The molecule has 6 nitrogen and oxygen atoms in total. The van der Waals surface area contributed by atoms with Gasteiger partial charge in [0, 0.05) is 25.5 Å². The van der Waals surface area contributed by atoms with Crippen molar-refractivity contribution in [3.8, 4) is 0 Å². The Morgan fingerprint density at radius 1 is 1.03 bits per heavy atom. The van der Waals surface area contributed by atoms with Crippen LogP contribution in [0.4, 0.5) is 11.4 Å². The maximum absolute atomic E-state index is 13.7. The first-order valence-corrected chi connectivity index (χ1v) is 12.3. The average molecular weight is 490 g/mol. The second-order valence-corrected chi connectivity index (χ2v) is 11.3. The van der Waals surface area contributed by atoms with Crippen LogP contribution in [0.2, 0.25) is 0 Å². The van der Waals surface area contributed by atoms with Crippen LogP contribution in [0.3, 0.4) is 0 Å². The van der Waals surface area contributed by atoms with E-state index < -0.39 is 17.7 Å². The number of amides is 1. The fourth-order valence-electron chi connectivity index (χ4n) is 4.36. The van der Waals surface area contributed by atoms with Crippen molar-refractivity contribution in [1.82, 2.24) is 4.98 Å². The van der Waals surface area contributed by atoms with Crippen LogP contribution in [0, 0.1) is 13.8 Å². The molecule has 1 amide bonds. The molecule has 0 saturated carbocycles. The zero-order chi connectivity index (χ0) is 25.7. The Bertz CT molecular complexity index is 1310. The van der Waals surface area contributed by atoms with Crippen molar-refractivity contribution in [1.29, 1.82) is 0 Å². The molecule has 1 aliphatic rings. The van der Waals surface area contributed by atoms with Gasteiger partial charge in [0.1, 0.15) is 0 Å². The number of carbonyl (C=O) groups is 2. The summed E-state index contributed by atoms with van der Waals surface area (Å²) in [5.41, 5.74) is 4.13. The number of nitrogens with zero attached hydrogens (tertiary/aromatic N) is 3. The molecule has 1 aliphatic heterocycles. The number of rotatable bonds is 5. The molecule has 0 bridgehead atoms. The maximum atomic E-state index is 13.7. The molecule has 182 valence electrons. The largest absolute Gasteiger partial charge is 0.503 e. The van der Waals surface area contributed by atoms with Gasteiger partial charge in [-0.15, -0.1) is 11.3 Å². The number of carbonyl (C=O) groups excluding carboxylic acids is 2. The standard InChI is InChI=1S/C28H31N3O3S/c1-16-26(35-17(2)29-16)24(32)22-23(18-8-12-20(13-9-18)30(6)7)31(27(34)25(22)33)21-14-10-19(11-15-21)28(3,4)5/h8-15,23,33H,1-7H3. The third-order valence-electron chi connectivity index (χ3n) is 6.30. The van der Waals surface area contributed by atoms with Crippen LogP contribution in [-0.2, 0) is 10.2 Å². The van der Waals surface area contributed by atoms with Crippen molar-refractivity contribution in [3.05, 3.63) is 86.6 Å². The highest BCUT2D eigenvalue weighted by Gasteiger charge is 2.45. The van der Waals surface area contributed by atoms with E-state index in [1.807, 2.05) is 74.4 Å². The van der Waals surface area contributed by atoms with Gasteiger partial charge in [-0.05, 0) is 54.7 Å². The molecule has 0 saturated heterocycles. The second-order valence-electron chi connectivity index (χ2n) is 10.1. The number of hydrogen-bond acceptors (Lipinski definition) is 6. The third-order valence-corrected chi connectivity index (χ3v) is 7.37. The van der Waals surface area contributed by atoms with Gasteiger partial charge in [0.15, 0.2) is 5.76 Å². The SMILES string of the molecule is Cc1nc(C)c(C(=O)C2=C(O)C(=O)N(c3ccc(C(C)(C)C)cc3)C2c2ccc(N(C)C)cc2)s1. The van der Waals surface area contributed by atoms with Crippen LogP contribution >= 0.6 is 11.3 Å². The maximum Gasteiger partial charge on any atom is 0.294 e. The van der Waals surface area contributed by atoms with E-state index >= 15 is 0 Å². The van der Waals surface area contributed by atoms with E-state index in [4.69, 9.17) is 0 Å². The van der Waals surface area contributed by atoms with E-state index in [1.54, 1.807) is 6.92 Å². The smallest absolute Gasteiger partial charge is 0.294 e.